The molecule has 0 amide bonds. The SMILES string of the molecule is O=P(F)(F)C1CCCCC1. The van der Waals surface area contributed by atoms with Crippen molar-refractivity contribution in [2.75, 3.05) is 0 Å². The lowest BCUT2D eigenvalue weighted by Gasteiger charge is -2.19. The van der Waals surface area contributed by atoms with E-state index in [0.29, 0.717) is 12.8 Å². The predicted octanol–water partition coefficient (Wildman–Crippen LogP) is 3.45. The van der Waals surface area contributed by atoms with Crippen molar-refractivity contribution in [2.24, 2.45) is 0 Å². The second-order valence-electron chi connectivity index (χ2n) is 2.79. The first-order chi connectivity index (χ1) is 4.61. The maximum Gasteiger partial charge on any atom is 0.405 e. The summed E-state index contributed by atoms with van der Waals surface area (Å²) in [4.78, 5) is 0. The molecule has 0 radical (unpaired) electrons. The molecule has 0 unspecified atom stereocenters. The molecule has 0 atom stereocenters. The maximum atomic E-state index is 12.2. The summed E-state index contributed by atoms with van der Waals surface area (Å²) >= 11 is 0. The van der Waals surface area contributed by atoms with E-state index in [1.165, 1.54) is 0 Å². The first kappa shape index (κ1) is 8.19. The van der Waals surface area contributed by atoms with Gasteiger partial charge in [-0.25, -0.2) is 4.57 Å². The molecule has 0 aromatic heterocycles. The Hall–Kier alpha value is 0.0900. The van der Waals surface area contributed by atoms with Crippen molar-refractivity contribution in [1.29, 1.82) is 0 Å². The monoisotopic (exact) mass is 168 g/mol. The van der Waals surface area contributed by atoms with Crippen LogP contribution < -0.4 is 0 Å². The van der Waals surface area contributed by atoms with Crippen LogP contribution in [0.3, 0.4) is 0 Å². The molecule has 4 heteroatoms. The molecule has 1 rings (SSSR count). The van der Waals surface area contributed by atoms with E-state index in [1.54, 1.807) is 0 Å². The van der Waals surface area contributed by atoms with Gasteiger partial charge in [0.15, 0.2) is 0 Å². The number of hydrogen-bond donors (Lipinski definition) is 0. The summed E-state index contributed by atoms with van der Waals surface area (Å²) in [5, 5.41) is 0. The van der Waals surface area contributed by atoms with Crippen molar-refractivity contribution < 1.29 is 13.0 Å². The Bertz CT molecular complexity index is 148. The molecule has 0 aromatic carbocycles. The summed E-state index contributed by atoms with van der Waals surface area (Å²) in [5.74, 6) is 0. The molecule has 0 spiro atoms. The Labute approximate surface area is 59.4 Å². The zero-order chi connectivity index (χ0) is 7.61. The van der Waals surface area contributed by atoms with Crippen LogP contribution in [-0.4, -0.2) is 5.66 Å². The number of hydrogen-bond acceptors (Lipinski definition) is 1. The largest absolute Gasteiger partial charge is 0.405 e. The minimum Gasteiger partial charge on any atom is -0.250 e. The van der Waals surface area contributed by atoms with Gasteiger partial charge >= 0.3 is 7.76 Å². The van der Waals surface area contributed by atoms with Crippen LogP contribution in [-0.2, 0) is 4.57 Å². The van der Waals surface area contributed by atoms with Crippen LogP contribution in [0, 0.1) is 0 Å². The Balaban J connectivity index is 2.47. The molecule has 1 saturated carbocycles. The first-order valence-electron chi connectivity index (χ1n) is 3.60. The third-order valence-corrected chi connectivity index (χ3v) is 3.37. The molecule has 0 heterocycles. The molecule has 0 bridgehead atoms. The minimum absolute atomic E-state index is 0.463. The number of rotatable bonds is 1. The van der Waals surface area contributed by atoms with E-state index in [-0.39, 0.29) is 0 Å². The molecule has 0 N–H and O–H groups in total. The Morgan fingerprint density at radius 3 is 1.90 bits per heavy atom. The fourth-order valence-corrected chi connectivity index (χ4v) is 2.35. The molecule has 10 heavy (non-hydrogen) atoms. The molecule has 0 saturated heterocycles. The standard InChI is InChI=1S/C6H11F2OP/c7-10(8,9)6-4-2-1-3-5-6/h6H,1-5H2. The predicted molar refractivity (Wildman–Crippen MR) is 36.7 cm³/mol. The molecule has 1 aliphatic carbocycles. The van der Waals surface area contributed by atoms with Gasteiger partial charge in [-0.1, -0.05) is 19.3 Å². The summed E-state index contributed by atoms with van der Waals surface area (Å²) in [6.45, 7) is 0. The van der Waals surface area contributed by atoms with Crippen LogP contribution >= 0.6 is 7.76 Å². The van der Waals surface area contributed by atoms with Crippen LogP contribution in [0.4, 0.5) is 8.39 Å². The lowest BCUT2D eigenvalue weighted by atomic mass is 10.0. The molecule has 1 nitrogen and oxygen atoms in total. The smallest absolute Gasteiger partial charge is 0.250 e. The molecule has 0 aliphatic heterocycles. The molecule has 1 fully saturated rings. The van der Waals surface area contributed by atoms with Crippen LogP contribution in [0.15, 0.2) is 0 Å². The Morgan fingerprint density at radius 1 is 1.10 bits per heavy atom. The van der Waals surface area contributed by atoms with Gasteiger partial charge in [0.05, 0.1) is 5.66 Å². The van der Waals surface area contributed by atoms with E-state index in [9.17, 15) is 13.0 Å². The van der Waals surface area contributed by atoms with Gasteiger partial charge in [0.25, 0.3) is 0 Å². The zero-order valence-corrected chi connectivity index (χ0v) is 6.62. The highest BCUT2D eigenvalue weighted by Crippen LogP contribution is 2.58. The number of halogens is 2. The average Bonchev–Trinajstić information content (AvgIpc) is 1.88. The summed E-state index contributed by atoms with van der Waals surface area (Å²) in [6.07, 6.45) is 3.59. The molecule has 0 aromatic rings. The third-order valence-electron chi connectivity index (χ3n) is 2.00. The van der Waals surface area contributed by atoms with E-state index in [0.717, 1.165) is 19.3 Å². The third kappa shape index (κ3) is 2.05. The van der Waals surface area contributed by atoms with Gasteiger partial charge in [-0.2, -0.15) is 8.39 Å². The highest BCUT2D eigenvalue weighted by atomic mass is 31.2. The molecular formula is C6H11F2OP. The normalized spacial score (nSPS) is 23.0. The van der Waals surface area contributed by atoms with Crippen molar-refractivity contribution >= 4 is 7.76 Å². The second kappa shape index (κ2) is 3.00. The summed E-state index contributed by atoms with van der Waals surface area (Å²) in [7, 11) is -4.74. The average molecular weight is 168 g/mol. The Morgan fingerprint density at radius 2 is 1.60 bits per heavy atom. The fraction of sp³-hybridized carbons (Fsp3) is 1.00. The lowest BCUT2D eigenvalue weighted by Crippen LogP contribution is -2.08. The van der Waals surface area contributed by atoms with Gasteiger partial charge in [0.1, 0.15) is 0 Å². The van der Waals surface area contributed by atoms with Gasteiger partial charge in [-0.05, 0) is 12.8 Å². The topological polar surface area (TPSA) is 17.1 Å². The van der Waals surface area contributed by atoms with Gasteiger partial charge in [0, 0.05) is 0 Å². The van der Waals surface area contributed by atoms with E-state index < -0.39 is 13.4 Å². The zero-order valence-electron chi connectivity index (χ0n) is 5.72. The first-order valence-corrected chi connectivity index (χ1v) is 5.15. The van der Waals surface area contributed by atoms with Crippen molar-refractivity contribution in [3.63, 3.8) is 0 Å². The van der Waals surface area contributed by atoms with Gasteiger partial charge in [-0.3, -0.25) is 0 Å². The fourth-order valence-electron chi connectivity index (χ4n) is 1.38. The lowest BCUT2D eigenvalue weighted by molar-refractivity contribution is 0.428. The molecule has 1 aliphatic rings. The van der Waals surface area contributed by atoms with E-state index in [1.807, 2.05) is 0 Å². The highest BCUT2D eigenvalue weighted by molar-refractivity contribution is 7.53. The van der Waals surface area contributed by atoms with Gasteiger partial charge < -0.3 is 0 Å². The minimum atomic E-state index is -4.74. The second-order valence-corrected chi connectivity index (χ2v) is 4.53. The van der Waals surface area contributed by atoms with Gasteiger partial charge in [-0.15, -0.1) is 0 Å². The van der Waals surface area contributed by atoms with E-state index in [2.05, 4.69) is 0 Å². The summed E-state index contributed by atoms with van der Waals surface area (Å²) in [6, 6.07) is 0. The van der Waals surface area contributed by atoms with Crippen LogP contribution in [0.5, 0.6) is 0 Å². The summed E-state index contributed by atoms with van der Waals surface area (Å²) in [5.41, 5.74) is -0.777. The van der Waals surface area contributed by atoms with Crippen molar-refractivity contribution in [1.82, 2.24) is 0 Å². The summed E-state index contributed by atoms with van der Waals surface area (Å²) < 4.78 is 34.6. The van der Waals surface area contributed by atoms with Gasteiger partial charge in [0.2, 0.25) is 0 Å². The Kier molecular flexibility index (Phi) is 2.45. The highest BCUT2D eigenvalue weighted by Gasteiger charge is 2.33. The van der Waals surface area contributed by atoms with Crippen LogP contribution in [0.25, 0.3) is 0 Å². The maximum absolute atomic E-state index is 12.2. The van der Waals surface area contributed by atoms with Crippen molar-refractivity contribution in [3.05, 3.63) is 0 Å². The van der Waals surface area contributed by atoms with Crippen molar-refractivity contribution in [3.8, 4) is 0 Å². The molecule has 60 valence electrons. The van der Waals surface area contributed by atoms with Crippen LogP contribution in [0.2, 0.25) is 0 Å². The molecular weight excluding hydrogens is 157 g/mol. The van der Waals surface area contributed by atoms with Crippen LogP contribution in [0.1, 0.15) is 32.1 Å². The van der Waals surface area contributed by atoms with E-state index >= 15 is 0 Å². The quantitative estimate of drug-likeness (QED) is 0.548. The van der Waals surface area contributed by atoms with E-state index in [4.69, 9.17) is 0 Å². The van der Waals surface area contributed by atoms with Crippen molar-refractivity contribution in [2.45, 2.75) is 37.8 Å².